The second-order valence-corrected chi connectivity index (χ2v) is 6.67. The highest BCUT2D eigenvalue weighted by Gasteiger charge is 2.19. The lowest BCUT2D eigenvalue weighted by Gasteiger charge is -2.28. The molecule has 1 fully saturated rings. The molecule has 0 aliphatic carbocycles. The molecular formula is C19H25N5O2. The van der Waals surface area contributed by atoms with Gasteiger partial charge in [-0.25, -0.2) is 4.98 Å². The van der Waals surface area contributed by atoms with Crippen LogP contribution in [-0.2, 0) is 4.74 Å². The summed E-state index contributed by atoms with van der Waals surface area (Å²) in [6.07, 6.45) is 1.68. The Hall–Kier alpha value is -2.67. The minimum atomic E-state index is -0.156. The van der Waals surface area contributed by atoms with Crippen molar-refractivity contribution in [3.63, 3.8) is 0 Å². The summed E-state index contributed by atoms with van der Waals surface area (Å²) in [4.78, 5) is 25.8. The molecule has 1 aromatic carbocycles. The molecule has 0 radical (unpaired) electrons. The fourth-order valence-electron chi connectivity index (χ4n) is 2.88. The van der Waals surface area contributed by atoms with Crippen LogP contribution in [0.3, 0.4) is 0 Å². The van der Waals surface area contributed by atoms with Gasteiger partial charge in [0.25, 0.3) is 5.91 Å². The molecule has 1 saturated heterocycles. The lowest BCUT2D eigenvalue weighted by atomic mass is 10.1. The first kappa shape index (κ1) is 18.1. The van der Waals surface area contributed by atoms with Crippen LogP contribution in [0.5, 0.6) is 0 Å². The number of carbonyl (C=O) groups excluding carboxylic acids is 1. The predicted octanol–water partition coefficient (Wildman–Crippen LogP) is 2.25. The van der Waals surface area contributed by atoms with Crippen LogP contribution in [-0.4, -0.2) is 56.3 Å². The summed E-state index contributed by atoms with van der Waals surface area (Å²) < 4.78 is 5.38. The number of benzene rings is 1. The molecule has 3 rings (SSSR count). The van der Waals surface area contributed by atoms with Gasteiger partial charge in [0, 0.05) is 32.7 Å². The largest absolute Gasteiger partial charge is 0.378 e. The quantitative estimate of drug-likeness (QED) is 0.907. The van der Waals surface area contributed by atoms with E-state index in [1.807, 2.05) is 51.0 Å². The van der Waals surface area contributed by atoms with E-state index in [1.165, 1.54) is 0 Å². The molecule has 138 valence electrons. The third-order valence-corrected chi connectivity index (χ3v) is 4.36. The average Bonchev–Trinajstić information content (AvgIpc) is 2.64. The Labute approximate surface area is 154 Å². The molecule has 7 heteroatoms. The van der Waals surface area contributed by atoms with E-state index in [2.05, 4.69) is 20.2 Å². The van der Waals surface area contributed by atoms with Gasteiger partial charge < -0.3 is 19.9 Å². The summed E-state index contributed by atoms with van der Waals surface area (Å²) in [7, 11) is 3.80. The zero-order chi connectivity index (χ0) is 18.7. The molecule has 0 bridgehead atoms. The molecule has 7 nitrogen and oxygen atoms in total. The lowest BCUT2D eigenvalue weighted by molar-refractivity contribution is 0.102. The van der Waals surface area contributed by atoms with Crippen LogP contribution < -0.4 is 15.1 Å². The lowest BCUT2D eigenvalue weighted by Crippen LogP contribution is -2.37. The van der Waals surface area contributed by atoms with Gasteiger partial charge >= 0.3 is 0 Å². The standard InChI is InChI=1S/C19H25N5O2/c1-13-5-6-14(2)15(11-13)18(25)21-16-12-20-19(22-17(16)23(3)4)24-7-9-26-10-8-24/h5-6,11-12H,7-10H2,1-4H3,(H,21,25). The number of amides is 1. The Kier molecular flexibility index (Phi) is 5.37. The van der Waals surface area contributed by atoms with E-state index in [1.54, 1.807) is 6.20 Å². The van der Waals surface area contributed by atoms with Gasteiger partial charge in [-0.1, -0.05) is 17.7 Å². The Morgan fingerprint density at radius 1 is 1.23 bits per heavy atom. The van der Waals surface area contributed by atoms with Gasteiger partial charge in [-0.05, 0) is 25.5 Å². The number of aryl methyl sites for hydroxylation is 2. The number of morpholine rings is 1. The van der Waals surface area contributed by atoms with Crippen LogP contribution in [0.2, 0.25) is 0 Å². The first-order valence-corrected chi connectivity index (χ1v) is 8.71. The normalized spacial score (nSPS) is 14.2. The topological polar surface area (TPSA) is 70.6 Å². The summed E-state index contributed by atoms with van der Waals surface area (Å²) in [6.45, 7) is 6.78. The molecule has 0 unspecified atom stereocenters. The average molecular weight is 355 g/mol. The van der Waals surface area contributed by atoms with Gasteiger partial charge in [0.15, 0.2) is 5.82 Å². The number of nitrogens with zero attached hydrogens (tertiary/aromatic N) is 4. The van der Waals surface area contributed by atoms with Gasteiger partial charge in [0.05, 0.1) is 19.4 Å². The number of ether oxygens (including phenoxy) is 1. The first-order chi connectivity index (χ1) is 12.5. The molecule has 1 aromatic heterocycles. The van der Waals surface area contributed by atoms with Crippen molar-refractivity contribution < 1.29 is 9.53 Å². The molecule has 1 aliphatic heterocycles. The predicted molar refractivity (Wildman–Crippen MR) is 103 cm³/mol. The van der Waals surface area contributed by atoms with Crippen LogP contribution in [0, 0.1) is 13.8 Å². The molecule has 1 amide bonds. The second kappa shape index (κ2) is 7.70. The fraction of sp³-hybridized carbons (Fsp3) is 0.421. The number of anilines is 3. The number of rotatable bonds is 4. The number of hydrogen-bond donors (Lipinski definition) is 1. The highest BCUT2D eigenvalue weighted by Crippen LogP contribution is 2.25. The van der Waals surface area contributed by atoms with Crippen LogP contribution in [0.4, 0.5) is 17.5 Å². The Balaban J connectivity index is 1.87. The zero-order valence-electron chi connectivity index (χ0n) is 15.7. The Morgan fingerprint density at radius 2 is 1.96 bits per heavy atom. The van der Waals surface area contributed by atoms with Crippen LogP contribution in [0.25, 0.3) is 0 Å². The maximum Gasteiger partial charge on any atom is 0.256 e. The molecule has 0 spiro atoms. The molecule has 0 atom stereocenters. The van der Waals surface area contributed by atoms with Crippen molar-refractivity contribution in [3.8, 4) is 0 Å². The van der Waals surface area contributed by atoms with E-state index in [9.17, 15) is 4.79 Å². The maximum absolute atomic E-state index is 12.7. The van der Waals surface area contributed by atoms with Crippen molar-refractivity contribution in [1.82, 2.24) is 9.97 Å². The highest BCUT2D eigenvalue weighted by atomic mass is 16.5. The number of nitrogens with one attached hydrogen (secondary N) is 1. The van der Waals surface area contributed by atoms with Crippen LogP contribution >= 0.6 is 0 Å². The van der Waals surface area contributed by atoms with E-state index in [4.69, 9.17) is 4.74 Å². The number of carbonyl (C=O) groups is 1. The molecule has 2 heterocycles. The highest BCUT2D eigenvalue weighted by molar-refractivity contribution is 6.06. The van der Waals surface area contributed by atoms with Gasteiger partial charge in [0.2, 0.25) is 5.95 Å². The van der Waals surface area contributed by atoms with Gasteiger partial charge in [-0.15, -0.1) is 0 Å². The van der Waals surface area contributed by atoms with Crippen molar-refractivity contribution >= 4 is 23.4 Å². The summed E-state index contributed by atoms with van der Waals surface area (Å²) in [5.41, 5.74) is 3.24. The van der Waals surface area contributed by atoms with Crippen molar-refractivity contribution in [1.29, 1.82) is 0 Å². The van der Waals surface area contributed by atoms with E-state index >= 15 is 0 Å². The molecule has 1 aliphatic rings. The molecule has 0 saturated carbocycles. The number of aromatic nitrogens is 2. The van der Waals surface area contributed by atoms with Crippen LogP contribution in [0.15, 0.2) is 24.4 Å². The summed E-state index contributed by atoms with van der Waals surface area (Å²) in [5.74, 6) is 1.18. The first-order valence-electron chi connectivity index (χ1n) is 8.71. The summed E-state index contributed by atoms with van der Waals surface area (Å²) >= 11 is 0. The minimum absolute atomic E-state index is 0.156. The van der Waals surface area contributed by atoms with Gasteiger partial charge in [-0.3, -0.25) is 4.79 Å². The van der Waals surface area contributed by atoms with Crippen molar-refractivity contribution in [2.45, 2.75) is 13.8 Å². The van der Waals surface area contributed by atoms with Gasteiger partial charge in [0.1, 0.15) is 5.69 Å². The summed E-state index contributed by atoms with van der Waals surface area (Å²) in [6, 6.07) is 5.84. The van der Waals surface area contributed by atoms with E-state index in [-0.39, 0.29) is 5.91 Å². The van der Waals surface area contributed by atoms with Crippen LogP contribution in [0.1, 0.15) is 21.5 Å². The Bertz CT molecular complexity index is 801. The molecule has 26 heavy (non-hydrogen) atoms. The SMILES string of the molecule is Cc1ccc(C)c(C(=O)Nc2cnc(N3CCOCC3)nc2N(C)C)c1. The van der Waals surface area contributed by atoms with E-state index in [0.29, 0.717) is 36.2 Å². The second-order valence-electron chi connectivity index (χ2n) is 6.67. The maximum atomic E-state index is 12.7. The minimum Gasteiger partial charge on any atom is -0.378 e. The smallest absolute Gasteiger partial charge is 0.256 e. The molecule has 2 aromatic rings. The molecule has 1 N–H and O–H groups in total. The molecular weight excluding hydrogens is 330 g/mol. The fourth-order valence-corrected chi connectivity index (χ4v) is 2.88. The zero-order valence-corrected chi connectivity index (χ0v) is 15.7. The van der Waals surface area contributed by atoms with Gasteiger partial charge in [-0.2, -0.15) is 4.98 Å². The van der Waals surface area contributed by atoms with E-state index in [0.717, 1.165) is 24.2 Å². The van der Waals surface area contributed by atoms with Crippen molar-refractivity contribution in [2.24, 2.45) is 0 Å². The van der Waals surface area contributed by atoms with E-state index < -0.39 is 0 Å². The van der Waals surface area contributed by atoms with Crippen molar-refractivity contribution in [2.75, 3.05) is 55.5 Å². The monoisotopic (exact) mass is 355 g/mol. The number of hydrogen-bond acceptors (Lipinski definition) is 6. The summed E-state index contributed by atoms with van der Waals surface area (Å²) in [5, 5.41) is 2.96. The third-order valence-electron chi connectivity index (χ3n) is 4.36. The third kappa shape index (κ3) is 3.94. The Morgan fingerprint density at radius 3 is 2.65 bits per heavy atom. The van der Waals surface area contributed by atoms with Crippen molar-refractivity contribution in [3.05, 3.63) is 41.1 Å².